The number of benzene rings is 2. The molecule has 0 unspecified atom stereocenters. The topological polar surface area (TPSA) is 84.5 Å². The SMILES string of the molecule is CCNS(=O)(=O)c1ccc(CCNC(=O)COc2ccccc2)cc1. The number of rotatable bonds is 9. The number of ether oxygens (including phenoxy) is 1. The molecule has 0 aliphatic rings. The first-order chi connectivity index (χ1) is 12.0. The van der Waals surface area contributed by atoms with Crippen LogP contribution in [0.2, 0.25) is 0 Å². The van der Waals surface area contributed by atoms with E-state index < -0.39 is 10.0 Å². The van der Waals surface area contributed by atoms with Gasteiger partial charge in [-0.05, 0) is 36.2 Å². The smallest absolute Gasteiger partial charge is 0.257 e. The van der Waals surface area contributed by atoms with Crippen molar-refractivity contribution in [2.75, 3.05) is 19.7 Å². The fourth-order valence-electron chi connectivity index (χ4n) is 2.17. The van der Waals surface area contributed by atoms with Crippen molar-refractivity contribution in [2.45, 2.75) is 18.2 Å². The normalized spacial score (nSPS) is 11.1. The van der Waals surface area contributed by atoms with Gasteiger partial charge in [-0.3, -0.25) is 4.79 Å². The van der Waals surface area contributed by atoms with E-state index in [-0.39, 0.29) is 17.4 Å². The molecule has 0 spiro atoms. The standard InChI is InChI=1S/C18H22N2O4S/c1-2-20-25(22,23)17-10-8-15(9-11-17)12-13-19-18(21)14-24-16-6-4-3-5-7-16/h3-11,20H,2,12-14H2,1H3,(H,19,21). The van der Waals surface area contributed by atoms with Crippen LogP contribution < -0.4 is 14.8 Å². The molecule has 7 heteroatoms. The van der Waals surface area contributed by atoms with E-state index in [1.807, 2.05) is 18.2 Å². The van der Waals surface area contributed by atoms with Gasteiger partial charge in [0.2, 0.25) is 10.0 Å². The number of nitrogens with one attached hydrogen (secondary N) is 2. The Morgan fingerprint density at radius 2 is 1.72 bits per heavy atom. The lowest BCUT2D eigenvalue weighted by atomic mass is 10.1. The van der Waals surface area contributed by atoms with Crippen LogP contribution in [0.5, 0.6) is 5.75 Å². The maximum absolute atomic E-state index is 11.9. The summed E-state index contributed by atoms with van der Waals surface area (Å²) in [5.74, 6) is 0.449. The summed E-state index contributed by atoms with van der Waals surface area (Å²) in [7, 11) is -3.43. The summed E-state index contributed by atoms with van der Waals surface area (Å²) in [6, 6.07) is 15.8. The molecule has 0 heterocycles. The van der Waals surface area contributed by atoms with E-state index in [9.17, 15) is 13.2 Å². The van der Waals surface area contributed by atoms with Gasteiger partial charge in [0.25, 0.3) is 5.91 Å². The largest absolute Gasteiger partial charge is 0.484 e. The zero-order chi connectivity index (χ0) is 18.1. The van der Waals surface area contributed by atoms with Crippen molar-refractivity contribution in [1.29, 1.82) is 0 Å². The summed E-state index contributed by atoms with van der Waals surface area (Å²) in [5.41, 5.74) is 0.944. The Kier molecular flexibility index (Phi) is 6.97. The van der Waals surface area contributed by atoms with E-state index in [2.05, 4.69) is 10.0 Å². The molecule has 0 atom stereocenters. The Morgan fingerprint density at radius 3 is 2.36 bits per heavy atom. The average molecular weight is 362 g/mol. The minimum Gasteiger partial charge on any atom is -0.484 e. The van der Waals surface area contributed by atoms with Crippen molar-refractivity contribution >= 4 is 15.9 Å². The maximum Gasteiger partial charge on any atom is 0.257 e. The lowest BCUT2D eigenvalue weighted by molar-refractivity contribution is -0.123. The van der Waals surface area contributed by atoms with Gasteiger partial charge in [0.05, 0.1) is 4.90 Å². The molecule has 0 fully saturated rings. The van der Waals surface area contributed by atoms with Crippen molar-refractivity contribution in [1.82, 2.24) is 10.0 Å². The van der Waals surface area contributed by atoms with E-state index >= 15 is 0 Å². The molecule has 0 bridgehead atoms. The fraction of sp³-hybridized carbons (Fsp3) is 0.278. The van der Waals surface area contributed by atoms with Crippen LogP contribution in [0.1, 0.15) is 12.5 Å². The molecule has 0 aromatic heterocycles. The predicted octanol–water partition coefficient (Wildman–Crippen LogP) is 1.72. The molecule has 0 aliphatic carbocycles. The van der Waals surface area contributed by atoms with E-state index in [1.165, 1.54) is 0 Å². The predicted molar refractivity (Wildman–Crippen MR) is 96.0 cm³/mol. The lowest BCUT2D eigenvalue weighted by Gasteiger charge is -2.08. The Hall–Kier alpha value is -2.38. The van der Waals surface area contributed by atoms with E-state index in [0.717, 1.165) is 5.56 Å². The van der Waals surface area contributed by atoms with Gasteiger partial charge in [-0.25, -0.2) is 13.1 Å². The Labute approximate surface area is 148 Å². The molecule has 2 aromatic rings. The fourth-order valence-corrected chi connectivity index (χ4v) is 3.21. The number of hydrogen-bond acceptors (Lipinski definition) is 4. The number of amides is 1. The third-order valence-corrected chi connectivity index (χ3v) is 4.98. The average Bonchev–Trinajstić information content (AvgIpc) is 2.61. The minimum absolute atomic E-state index is 0.0378. The number of hydrogen-bond donors (Lipinski definition) is 2. The highest BCUT2D eigenvalue weighted by Gasteiger charge is 2.11. The molecule has 0 saturated carbocycles. The number of carbonyl (C=O) groups excluding carboxylic acids is 1. The molecule has 25 heavy (non-hydrogen) atoms. The summed E-state index contributed by atoms with van der Waals surface area (Å²) >= 11 is 0. The van der Waals surface area contributed by atoms with Crippen LogP contribution in [-0.2, 0) is 21.2 Å². The highest BCUT2D eigenvalue weighted by atomic mass is 32.2. The van der Waals surface area contributed by atoms with Gasteiger partial charge in [-0.2, -0.15) is 0 Å². The van der Waals surface area contributed by atoms with E-state index in [1.54, 1.807) is 43.3 Å². The first-order valence-corrected chi connectivity index (χ1v) is 9.53. The van der Waals surface area contributed by atoms with Crippen molar-refractivity contribution < 1.29 is 17.9 Å². The number of carbonyl (C=O) groups is 1. The van der Waals surface area contributed by atoms with Crippen molar-refractivity contribution in [3.05, 3.63) is 60.2 Å². The second kappa shape index (κ2) is 9.19. The van der Waals surface area contributed by atoms with Crippen LogP contribution in [0, 0.1) is 0 Å². The van der Waals surface area contributed by atoms with Crippen LogP contribution >= 0.6 is 0 Å². The molecular formula is C18H22N2O4S. The van der Waals surface area contributed by atoms with Crippen LogP contribution in [0.25, 0.3) is 0 Å². The molecule has 2 rings (SSSR count). The van der Waals surface area contributed by atoms with Crippen molar-refractivity contribution in [3.63, 3.8) is 0 Å². The van der Waals surface area contributed by atoms with Crippen LogP contribution in [0.4, 0.5) is 0 Å². The third-order valence-electron chi connectivity index (χ3n) is 3.42. The van der Waals surface area contributed by atoms with Gasteiger partial charge in [0, 0.05) is 13.1 Å². The summed E-state index contributed by atoms with van der Waals surface area (Å²) in [6.07, 6.45) is 0.610. The van der Waals surface area contributed by atoms with E-state index in [4.69, 9.17) is 4.74 Å². The highest BCUT2D eigenvalue weighted by molar-refractivity contribution is 7.89. The third kappa shape index (κ3) is 6.21. The molecule has 0 aliphatic heterocycles. The van der Waals surface area contributed by atoms with Gasteiger partial charge in [-0.15, -0.1) is 0 Å². The molecule has 0 radical (unpaired) electrons. The van der Waals surface area contributed by atoms with E-state index in [0.29, 0.717) is 25.3 Å². The van der Waals surface area contributed by atoms with Crippen LogP contribution in [0.3, 0.4) is 0 Å². The first-order valence-electron chi connectivity index (χ1n) is 8.04. The summed E-state index contributed by atoms with van der Waals surface area (Å²) < 4.78 is 31.5. The molecule has 1 amide bonds. The molecular weight excluding hydrogens is 340 g/mol. The van der Waals surface area contributed by atoms with Crippen molar-refractivity contribution in [3.8, 4) is 5.75 Å². The van der Waals surface area contributed by atoms with Gasteiger partial charge < -0.3 is 10.1 Å². The quantitative estimate of drug-likeness (QED) is 0.711. The monoisotopic (exact) mass is 362 g/mol. The zero-order valence-corrected chi connectivity index (χ0v) is 14.9. The Bertz CT molecular complexity index is 774. The van der Waals surface area contributed by atoms with Crippen LogP contribution in [0.15, 0.2) is 59.5 Å². The van der Waals surface area contributed by atoms with Crippen molar-refractivity contribution in [2.24, 2.45) is 0 Å². The molecule has 0 saturated heterocycles. The lowest BCUT2D eigenvalue weighted by Crippen LogP contribution is -2.30. The van der Waals surface area contributed by atoms with Gasteiger partial charge in [0.1, 0.15) is 5.75 Å². The summed E-state index contributed by atoms with van der Waals surface area (Å²) in [4.78, 5) is 12.0. The Balaban J connectivity index is 1.75. The molecule has 2 aromatic carbocycles. The highest BCUT2D eigenvalue weighted by Crippen LogP contribution is 2.11. The second-order valence-corrected chi connectivity index (χ2v) is 7.11. The molecule has 2 N–H and O–H groups in total. The number of para-hydroxylation sites is 1. The van der Waals surface area contributed by atoms with Crippen LogP contribution in [-0.4, -0.2) is 34.0 Å². The minimum atomic E-state index is -3.43. The molecule has 6 nitrogen and oxygen atoms in total. The second-order valence-electron chi connectivity index (χ2n) is 5.35. The zero-order valence-electron chi connectivity index (χ0n) is 14.1. The summed E-state index contributed by atoms with van der Waals surface area (Å²) in [6.45, 7) is 2.50. The number of sulfonamides is 1. The summed E-state index contributed by atoms with van der Waals surface area (Å²) in [5, 5.41) is 2.77. The maximum atomic E-state index is 11.9. The first kappa shape index (κ1) is 19.0. The van der Waals surface area contributed by atoms with Gasteiger partial charge in [0.15, 0.2) is 6.61 Å². The van der Waals surface area contributed by atoms with Gasteiger partial charge >= 0.3 is 0 Å². The Morgan fingerprint density at radius 1 is 1.04 bits per heavy atom. The molecule has 134 valence electrons. The van der Waals surface area contributed by atoms with Gasteiger partial charge in [-0.1, -0.05) is 37.3 Å².